The van der Waals surface area contributed by atoms with E-state index in [0.717, 1.165) is 26.7 Å². The van der Waals surface area contributed by atoms with E-state index in [1.54, 1.807) is 18.2 Å². The molecule has 1 atom stereocenters. The van der Waals surface area contributed by atoms with Crippen LogP contribution in [0.5, 0.6) is 0 Å². The Morgan fingerprint density at radius 2 is 2.00 bits per heavy atom. The standard InChI is InChI=1S/C21H24ClN3O3S/c1-14(2)10-11-25(29(27)28)21(26)16-8-9-19-20(12-16)24(15(3)23-19)13-17-6-4-5-7-18(17)22/h4-9,12,14H,10-11,13H2,1-3H3,(H,27,28). The number of hydrogen-bond acceptors (Lipinski definition) is 3. The van der Waals surface area contributed by atoms with Crippen molar-refractivity contribution in [2.45, 2.75) is 33.7 Å². The number of carbonyl (C=O) groups excluding carboxylic acids is 1. The summed E-state index contributed by atoms with van der Waals surface area (Å²) in [4.78, 5) is 17.5. The van der Waals surface area contributed by atoms with Gasteiger partial charge < -0.3 is 4.57 Å². The zero-order valence-corrected chi connectivity index (χ0v) is 18.2. The van der Waals surface area contributed by atoms with Crippen LogP contribution in [0.2, 0.25) is 5.02 Å². The number of benzene rings is 2. The first-order valence-electron chi connectivity index (χ1n) is 9.41. The van der Waals surface area contributed by atoms with Crippen LogP contribution >= 0.6 is 11.6 Å². The fourth-order valence-electron chi connectivity index (χ4n) is 3.14. The van der Waals surface area contributed by atoms with Crippen molar-refractivity contribution in [3.8, 4) is 0 Å². The molecule has 2 aromatic carbocycles. The number of aryl methyl sites for hydroxylation is 1. The van der Waals surface area contributed by atoms with Gasteiger partial charge in [0.15, 0.2) is 0 Å². The molecule has 8 heteroatoms. The Balaban J connectivity index is 1.97. The molecule has 0 saturated carbocycles. The highest BCUT2D eigenvalue weighted by atomic mass is 35.5. The van der Waals surface area contributed by atoms with Gasteiger partial charge in [-0.2, -0.15) is 0 Å². The molecular formula is C21H24ClN3O3S. The quantitative estimate of drug-likeness (QED) is 0.549. The number of carbonyl (C=O) groups is 1. The molecule has 1 aromatic heterocycles. The van der Waals surface area contributed by atoms with Crippen LogP contribution < -0.4 is 0 Å². The van der Waals surface area contributed by atoms with Crippen LogP contribution in [0.3, 0.4) is 0 Å². The van der Waals surface area contributed by atoms with Crippen LogP contribution in [-0.4, -0.2) is 35.1 Å². The Bertz CT molecular complexity index is 1060. The lowest BCUT2D eigenvalue weighted by atomic mass is 10.1. The molecule has 0 fully saturated rings. The summed E-state index contributed by atoms with van der Waals surface area (Å²) >= 11 is 3.93. The Morgan fingerprint density at radius 3 is 2.66 bits per heavy atom. The van der Waals surface area contributed by atoms with E-state index >= 15 is 0 Å². The first kappa shape index (κ1) is 21.5. The van der Waals surface area contributed by atoms with Gasteiger partial charge >= 0.3 is 0 Å². The number of amides is 1. The van der Waals surface area contributed by atoms with Crippen LogP contribution in [0.1, 0.15) is 42.0 Å². The third kappa shape index (κ3) is 4.86. The van der Waals surface area contributed by atoms with Gasteiger partial charge in [0.25, 0.3) is 17.2 Å². The summed E-state index contributed by atoms with van der Waals surface area (Å²) in [6, 6.07) is 12.7. The number of halogens is 1. The monoisotopic (exact) mass is 433 g/mol. The fourth-order valence-corrected chi connectivity index (χ4v) is 3.85. The van der Waals surface area contributed by atoms with Crippen LogP contribution in [0.4, 0.5) is 0 Å². The van der Waals surface area contributed by atoms with Gasteiger partial charge in [-0.3, -0.25) is 9.35 Å². The first-order chi connectivity index (χ1) is 13.8. The highest BCUT2D eigenvalue weighted by Crippen LogP contribution is 2.23. The molecule has 0 aliphatic heterocycles. The van der Waals surface area contributed by atoms with Gasteiger partial charge in [0.2, 0.25) is 0 Å². The highest BCUT2D eigenvalue weighted by Gasteiger charge is 2.22. The third-order valence-corrected chi connectivity index (χ3v) is 5.89. The summed E-state index contributed by atoms with van der Waals surface area (Å²) in [5.74, 6) is 0.638. The average molecular weight is 434 g/mol. The number of fused-ring (bicyclic) bond motifs is 1. The van der Waals surface area contributed by atoms with Gasteiger partial charge in [-0.1, -0.05) is 43.6 Å². The van der Waals surface area contributed by atoms with Crippen LogP contribution in [0, 0.1) is 12.8 Å². The van der Waals surface area contributed by atoms with Crippen molar-refractivity contribution in [2.24, 2.45) is 5.92 Å². The van der Waals surface area contributed by atoms with E-state index < -0.39 is 17.2 Å². The zero-order chi connectivity index (χ0) is 21.1. The molecule has 3 aromatic rings. The number of nitrogens with zero attached hydrogens (tertiary/aromatic N) is 3. The minimum absolute atomic E-state index is 0.218. The lowest BCUT2D eigenvalue weighted by Gasteiger charge is -2.19. The summed E-state index contributed by atoms with van der Waals surface area (Å²) in [6.07, 6.45) is 0.643. The maximum absolute atomic E-state index is 12.9. The molecule has 154 valence electrons. The molecule has 1 N–H and O–H groups in total. The molecule has 1 unspecified atom stereocenters. The van der Waals surface area contributed by atoms with E-state index in [-0.39, 0.29) is 6.54 Å². The molecule has 1 heterocycles. The molecule has 0 spiro atoms. The molecule has 6 nitrogen and oxygen atoms in total. The largest absolute Gasteiger partial charge is 0.324 e. The maximum atomic E-state index is 12.9. The minimum atomic E-state index is -2.37. The van der Waals surface area contributed by atoms with Crippen LogP contribution in [0.25, 0.3) is 11.0 Å². The SMILES string of the molecule is Cc1nc2ccc(C(=O)N(CCC(C)C)S(=O)O)cc2n1Cc1ccccc1Cl. The Morgan fingerprint density at radius 1 is 1.28 bits per heavy atom. The second-order valence-electron chi connectivity index (χ2n) is 7.36. The second-order valence-corrected chi connectivity index (χ2v) is 8.67. The van der Waals surface area contributed by atoms with Crippen molar-refractivity contribution < 1.29 is 13.6 Å². The molecule has 0 aliphatic rings. The number of imidazole rings is 1. The summed E-state index contributed by atoms with van der Waals surface area (Å²) in [6.45, 7) is 6.64. The van der Waals surface area contributed by atoms with Gasteiger partial charge in [0.1, 0.15) is 5.82 Å². The van der Waals surface area contributed by atoms with E-state index in [2.05, 4.69) is 4.98 Å². The van der Waals surface area contributed by atoms with E-state index in [1.807, 2.05) is 49.6 Å². The molecule has 0 radical (unpaired) electrons. The fraction of sp³-hybridized carbons (Fsp3) is 0.333. The van der Waals surface area contributed by atoms with Crippen molar-refractivity contribution >= 4 is 39.8 Å². The van der Waals surface area contributed by atoms with E-state index in [9.17, 15) is 13.6 Å². The minimum Gasteiger partial charge on any atom is -0.324 e. The predicted molar refractivity (Wildman–Crippen MR) is 116 cm³/mol. The molecule has 1 amide bonds. The van der Waals surface area contributed by atoms with Gasteiger partial charge in [0, 0.05) is 17.1 Å². The van der Waals surface area contributed by atoms with Crippen molar-refractivity contribution in [2.75, 3.05) is 6.54 Å². The van der Waals surface area contributed by atoms with Crippen molar-refractivity contribution in [3.05, 3.63) is 64.4 Å². The predicted octanol–water partition coefficient (Wildman–Crippen LogP) is 4.67. The second kappa shape index (κ2) is 9.07. The van der Waals surface area contributed by atoms with E-state index in [1.165, 1.54) is 0 Å². The summed E-state index contributed by atoms with van der Waals surface area (Å²) < 4.78 is 24.3. The topological polar surface area (TPSA) is 75.4 Å². The molecule has 3 rings (SSSR count). The number of hydrogen-bond donors (Lipinski definition) is 1. The molecule has 0 aliphatic carbocycles. The normalized spacial score (nSPS) is 12.5. The Hall–Kier alpha value is -2.22. The van der Waals surface area contributed by atoms with E-state index in [0.29, 0.717) is 29.5 Å². The van der Waals surface area contributed by atoms with Gasteiger partial charge in [-0.05, 0) is 49.1 Å². The smallest absolute Gasteiger partial charge is 0.267 e. The van der Waals surface area contributed by atoms with Crippen molar-refractivity contribution in [1.82, 2.24) is 13.9 Å². The van der Waals surface area contributed by atoms with Gasteiger partial charge in [-0.15, -0.1) is 0 Å². The molecular weight excluding hydrogens is 410 g/mol. The molecule has 29 heavy (non-hydrogen) atoms. The highest BCUT2D eigenvalue weighted by molar-refractivity contribution is 7.77. The first-order valence-corrected chi connectivity index (χ1v) is 10.8. The zero-order valence-electron chi connectivity index (χ0n) is 16.6. The van der Waals surface area contributed by atoms with Crippen LogP contribution in [-0.2, 0) is 17.8 Å². The van der Waals surface area contributed by atoms with Crippen LogP contribution in [0.15, 0.2) is 42.5 Å². The van der Waals surface area contributed by atoms with Gasteiger partial charge in [0.05, 0.1) is 17.6 Å². The van der Waals surface area contributed by atoms with Crippen molar-refractivity contribution in [3.63, 3.8) is 0 Å². The average Bonchev–Trinajstić information content (AvgIpc) is 2.97. The number of rotatable bonds is 7. The summed E-state index contributed by atoms with van der Waals surface area (Å²) in [5, 5.41) is 0.663. The lowest BCUT2D eigenvalue weighted by molar-refractivity contribution is 0.0856. The Labute approximate surface area is 177 Å². The number of aromatic nitrogens is 2. The molecule has 0 bridgehead atoms. The van der Waals surface area contributed by atoms with Gasteiger partial charge in [-0.25, -0.2) is 13.5 Å². The maximum Gasteiger partial charge on any atom is 0.267 e. The third-order valence-electron chi connectivity index (χ3n) is 4.80. The van der Waals surface area contributed by atoms with E-state index in [4.69, 9.17) is 11.6 Å². The molecule has 0 saturated heterocycles. The summed E-state index contributed by atoms with van der Waals surface area (Å²) in [5.41, 5.74) is 2.83. The van der Waals surface area contributed by atoms with Crippen molar-refractivity contribution in [1.29, 1.82) is 0 Å². The lowest BCUT2D eigenvalue weighted by Crippen LogP contribution is -2.34. The Kier molecular flexibility index (Phi) is 6.72. The summed E-state index contributed by atoms with van der Waals surface area (Å²) in [7, 11) is 0.